The van der Waals surface area contributed by atoms with E-state index in [1.54, 1.807) is 30.2 Å². The van der Waals surface area contributed by atoms with Crippen LogP contribution >= 0.6 is 11.8 Å². The third-order valence-electron chi connectivity index (χ3n) is 5.31. The first-order valence-electron chi connectivity index (χ1n) is 9.75. The number of benzene rings is 2. The van der Waals surface area contributed by atoms with Gasteiger partial charge in [0.2, 0.25) is 0 Å². The van der Waals surface area contributed by atoms with Crippen molar-refractivity contribution in [2.75, 3.05) is 12.8 Å². The predicted octanol–water partition coefficient (Wildman–Crippen LogP) is 6.65. The lowest BCUT2D eigenvalue weighted by Gasteiger charge is -2.07. The molecule has 0 atom stereocenters. The van der Waals surface area contributed by atoms with Crippen molar-refractivity contribution >= 4 is 29.0 Å². The molecule has 0 saturated carbocycles. The summed E-state index contributed by atoms with van der Waals surface area (Å²) in [4.78, 5) is 1.25. The van der Waals surface area contributed by atoms with Gasteiger partial charge in [-0.2, -0.15) is 0 Å². The molecule has 0 amide bonds. The molecule has 148 valence electrons. The van der Waals surface area contributed by atoms with Gasteiger partial charge in [-0.05, 0) is 102 Å². The van der Waals surface area contributed by atoms with Crippen LogP contribution < -0.4 is 5.32 Å². The lowest BCUT2D eigenvalue weighted by Crippen LogP contribution is -2.14. The van der Waals surface area contributed by atoms with Crippen molar-refractivity contribution in [2.24, 2.45) is 0 Å². The van der Waals surface area contributed by atoms with E-state index in [-0.39, 0.29) is 5.82 Å². The van der Waals surface area contributed by atoms with E-state index in [9.17, 15) is 4.39 Å². The second kappa shape index (κ2) is 8.85. The van der Waals surface area contributed by atoms with Crippen molar-refractivity contribution in [1.29, 1.82) is 0 Å². The fourth-order valence-corrected chi connectivity index (χ4v) is 4.19. The number of rotatable bonds is 7. The van der Waals surface area contributed by atoms with Gasteiger partial charge < -0.3 is 9.73 Å². The quantitative estimate of drug-likeness (QED) is 0.352. The van der Waals surface area contributed by atoms with Crippen LogP contribution in [0.25, 0.3) is 17.2 Å². The zero-order valence-electron chi connectivity index (χ0n) is 16.7. The van der Waals surface area contributed by atoms with Gasteiger partial charge in [0.15, 0.2) is 0 Å². The number of fused-ring (bicyclic) bond motifs is 1. The van der Waals surface area contributed by atoms with Crippen molar-refractivity contribution in [3.63, 3.8) is 0 Å². The zero-order chi connectivity index (χ0) is 20.2. The van der Waals surface area contributed by atoms with Gasteiger partial charge in [0.05, 0.1) is 12.8 Å². The van der Waals surface area contributed by atoms with Gasteiger partial charge in [-0.15, -0.1) is 11.8 Å². The molecular formula is C25H24FNOS. The minimum Gasteiger partial charge on any atom is -0.468 e. The number of nitrogens with one attached hydrogen (secondary N) is 1. The molecule has 0 radical (unpaired) electrons. The monoisotopic (exact) mass is 405 g/mol. The maximum Gasteiger partial charge on any atom is 0.123 e. The summed E-state index contributed by atoms with van der Waals surface area (Å²) < 4.78 is 19.4. The van der Waals surface area contributed by atoms with E-state index in [2.05, 4.69) is 48.8 Å². The van der Waals surface area contributed by atoms with Crippen molar-refractivity contribution < 1.29 is 8.81 Å². The van der Waals surface area contributed by atoms with Gasteiger partial charge in [0, 0.05) is 4.90 Å². The number of thioether (sulfide) groups is 1. The molecule has 4 rings (SSSR count). The lowest BCUT2D eigenvalue weighted by atomic mass is 10.0. The first-order valence-corrected chi connectivity index (χ1v) is 11.0. The van der Waals surface area contributed by atoms with Gasteiger partial charge in [-0.3, -0.25) is 0 Å². The number of allylic oxidation sites excluding steroid dienone is 2. The first kappa shape index (κ1) is 19.7. The van der Waals surface area contributed by atoms with Gasteiger partial charge in [0.25, 0.3) is 0 Å². The number of hydrogen-bond donors (Lipinski definition) is 1. The highest BCUT2D eigenvalue weighted by Gasteiger charge is 2.23. The predicted molar refractivity (Wildman–Crippen MR) is 120 cm³/mol. The highest BCUT2D eigenvalue weighted by molar-refractivity contribution is 7.98. The summed E-state index contributed by atoms with van der Waals surface area (Å²) in [7, 11) is 0. The Labute approximate surface area is 175 Å². The van der Waals surface area contributed by atoms with E-state index in [0.29, 0.717) is 6.54 Å². The molecule has 2 aromatic carbocycles. The van der Waals surface area contributed by atoms with Crippen LogP contribution in [0.15, 0.2) is 75.7 Å². The Morgan fingerprint density at radius 3 is 2.62 bits per heavy atom. The van der Waals surface area contributed by atoms with Crippen LogP contribution in [0, 0.1) is 5.82 Å². The average Bonchev–Trinajstić information content (AvgIpc) is 3.33. The molecule has 1 aromatic heterocycles. The Hall–Kier alpha value is -2.56. The van der Waals surface area contributed by atoms with Crippen LogP contribution in [0.3, 0.4) is 0 Å². The second-order valence-electron chi connectivity index (χ2n) is 7.13. The van der Waals surface area contributed by atoms with Crippen LogP contribution in [0.4, 0.5) is 4.39 Å². The molecule has 0 fully saturated rings. The van der Waals surface area contributed by atoms with Gasteiger partial charge in [-0.1, -0.05) is 18.2 Å². The van der Waals surface area contributed by atoms with Crippen LogP contribution in [0.5, 0.6) is 0 Å². The van der Waals surface area contributed by atoms with Gasteiger partial charge in [0.1, 0.15) is 11.6 Å². The third kappa shape index (κ3) is 4.39. The van der Waals surface area contributed by atoms with E-state index in [4.69, 9.17) is 4.42 Å². The summed E-state index contributed by atoms with van der Waals surface area (Å²) in [6.07, 6.45) is 6.81. The van der Waals surface area contributed by atoms with Crippen LogP contribution in [-0.2, 0) is 6.54 Å². The molecule has 0 saturated heterocycles. The Morgan fingerprint density at radius 2 is 1.90 bits per heavy atom. The minimum absolute atomic E-state index is 0.192. The normalized spacial score (nSPS) is 14.7. The molecule has 0 bridgehead atoms. The molecule has 0 aliphatic heterocycles. The molecule has 2 nitrogen and oxygen atoms in total. The second-order valence-corrected chi connectivity index (χ2v) is 8.01. The largest absolute Gasteiger partial charge is 0.468 e. The molecule has 0 unspecified atom stereocenters. The third-order valence-corrected chi connectivity index (χ3v) is 6.06. The van der Waals surface area contributed by atoms with Crippen molar-refractivity contribution in [2.45, 2.75) is 24.8 Å². The summed E-state index contributed by atoms with van der Waals surface area (Å²) in [6.45, 7) is 3.64. The Kier molecular flexibility index (Phi) is 6.02. The molecule has 3 aromatic rings. The zero-order valence-corrected chi connectivity index (χ0v) is 17.5. The van der Waals surface area contributed by atoms with E-state index < -0.39 is 0 Å². The van der Waals surface area contributed by atoms with Crippen molar-refractivity contribution in [1.82, 2.24) is 5.32 Å². The fraction of sp³-hybridized carbons (Fsp3) is 0.200. The molecule has 1 aliphatic carbocycles. The standard InChI is InChI=1S/C25H24FNOS/c1-17-22(11-12-27-16-20-4-3-13-28-20)25-15-19(26)7-10-23(25)24(17)14-18-5-8-21(29-2)9-6-18/h3-10,13-15,27H,11-12,16H2,1-2H3. The van der Waals surface area contributed by atoms with Crippen molar-refractivity contribution in [3.8, 4) is 0 Å². The van der Waals surface area contributed by atoms with Crippen molar-refractivity contribution in [3.05, 3.63) is 94.7 Å². The highest BCUT2D eigenvalue weighted by atomic mass is 32.2. The summed E-state index contributed by atoms with van der Waals surface area (Å²) in [5.74, 6) is 0.728. The molecule has 1 aliphatic rings. The van der Waals surface area contributed by atoms with Crippen LogP contribution in [0.2, 0.25) is 0 Å². The number of furan rings is 1. The smallest absolute Gasteiger partial charge is 0.123 e. The molecule has 4 heteroatoms. The fourth-order valence-electron chi connectivity index (χ4n) is 3.78. The molecule has 1 heterocycles. The maximum atomic E-state index is 14.0. The Balaban J connectivity index is 1.58. The highest BCUT2D eigenvalue weighted by Crippen LogP contribution is 2.43. The van der Waals surface area contributed by atoms with E-state index in [0.717, 1.165) is 35.4 Å². The summed E-state index contributed by atoms with van der Waals surface area (Å²) in [6, 6.07) is 17.5. The Morgan fingerprint density at radius 1 is 1.07 bits per heavy atom. The molecule has 0 spiro atoms. The lowest BCUT2D eigenvalue weighted by molar-refractivity contribution is 0.485. The molecular weight excluding hydrogens is 381 g/mol. The summed E-state index contributed by atoms with van der Waals surface area (Å²) >= 11 is 1.74. The summed E-state index contributed by atoms with van der Waals surface area (Å²) in [5.41, 5.74) is 6.88. The Bertz CT molecular complexity index is 1050. The maximum absolute atomic E-state index is 14.0. The molecule has 1 N–H and O–H groups in total. The number of halogens is 1. The van der Waals surface area contributed by atoms with E-state index in [1.165, 1.54) is 21.6 Å². The number of hydrogen-bond acceptors (Lipinski definition) is 3. The van der Waals surface area contributed by atoms with Gasteiger partial charge in [-0.25, -0.2) is 4.39 Å². The van der Waals surface area contributed by atoms with Crippen LogP contribution in [-0.4, -0.2) is 12.8 Å². The minimum atomic E-state index is -0.192. The van der Waals surface area contributed by atoms with E-state index in [1.807, 2.05) is 18.2 Å². The topological polar surface area (TPSA) is 25.2 Å². The summed E-state index contributed by atoms with van der Waals surface area (Å²) in [5, 5.41) is 3.41. The first-order chi connectivity index (χ1) is 14.2. The average molecular weight is 406 g/mol. The van der Waals surface area contributed by atoms with Gasteiger partial charge >= 0.3 is 0 Å². The SMILES string of the molecule is CSc1ccc(C=C2C(C)=C(CCNCc3ccco3)c3cc(F)ccc32)cc1. The van der Waals surface area contributed by atoms with E-state index >= 15 is 0 Å². The van der Waals surface area contributed by atoms with Crippen LogP contribution in [0.1, 0.15) is 35.8 Å². The molecule has 29 heavy (non-hydrogen) atoms.